The number of fused-ring (bicyclic) bond motifs is 2. The molecule has 0 aromatic carbocycles. The third kappa shape index (κ3) is 15.2. The van der Waals surface area contributed by atoms with Gasteiger partial charge in [-0.1, -0.05) is 7.43 Å². The van der Waals surface area contributed by atoms with E-state index in [-0.39, 0.29) is 41.7 Å². The topological polar surface area (TPSA) is 598 Å². The van der Waals surface area contributed by atoms with Gasteiger partial charge in [0, 0.05) is 0 Å². The molecule has 6 heterocycles. The van der Waals surface area contributed by atoms with E-state index in [2.05, 4.69) is 53.3 Å². The van der Waals surface area contributed by atoms with E-state index in [0.717, 1.165) is 28.8 Å². The number of nitrogens with zero attached hydrogens (tertiary/aromatic N) is 6. The van der Waals surface area contributed by atoms with Crippen molar-refractivity contribution in [2.75, 3.05) is 50.6 Å². The number of aliphatic hydroxyl groups excluding tert-OH is 4. The fraction of sp³-hybridized carbons (Fsp3) is 0.600. The molecule has 0 bridgehead atoms. The molecule has 2 aliphatic rings. The monoisotopic (exact) mass is 1100 g/mol. The van der Waals surface area contributed by atoms with Gasteiger partial charge in [0.2, 0.25) is 11.9 Å². The summed E-state index contributed by atoms with van der Waals surface area (Å²) in [4.78, 5) is 109. The summed E-state index contributed by atoms with van der Waals surface area (Å²) in [6.45, 7) is -1.87. The Morgan fingerprint density at radius 3 is 1.35 bits per heavy atom. The molecule has 2 fully saturated rings. The van der Waals surface area contributed by atoms with Crippen LogP contribution in [0.5, 0.6) is 0 Å². The number of nitrogens with one attached hydrogen (secondary N) is 3. The molecule has 4 aromatic rings. The third-order valence-corrected chi connectivity index (χ3v) is 19.7. The molecule has 388 valence electrons. The second-order valence-electron chi connectivity index (χ2n) is 13.5. The number of anilines is 2. The van der Waals surface area contributed by atoms with Gasteiger partial charge in [0.25, 0.3) is 18.6 Å². The molecule has 13 atom stereocenters. The predicted molar refractivity (Wildman–Crippen MR) is 228 cm³/mol. The Labute approximate surface area is 379 Å². The maximum atomic E-state index is 12.0. The summed E-state index contributed by atoms with van der Waals surface area (Å²) in [6, 6.07) is 0. The van der Waals surface area contributed by atoms with Crippen LogP contribution in [0.2, 0.25) is 0 Å². The summed E-state index contributed by atoms with van der Waals surface area (Å²) in [5, 5.41) is 42.9. The maximum absolute atomic E-state index is 12.0. The van der Waals surface area contributed by atoms with Crippen LogP contribution in [0, 0.1) is 0 Å². The summed E-state index contributed by atoms with van der Waals surface area (Å²) in [5.41, 5.74) is 13.7. The van der Waals surface area contributed by atoms with Gasteiger partial charge in [0.05, 0.1) is 25.9 Å². The number of rotatable bonds is 17. The molecule has 4 aromatic heterocycles. The van der Waals surface area contributed by atoms with Crippen molar-refractivity contribution in [3.8, 4) is 0 Å². The second-order valence-corrected chi connectivity index (χ2v) is 25.2. The van der Waals surface area contributed by atoms with Crippen molar-refractivity contribution in [3.63, 3.8) is 0 Å². The SMILES string of the molecule is C.CN.CNP(=O)(O)CP(=O)(O)OP(=O)(O)OCC1OC(n2cnc3c(=O)[nH]c(N)nc32)C(O)C1O.Nc1nc2c(ncn2C2OC(COP(=O)(O)OP(=O)(O)CP(=O)(O)O)C(O)C2O)c(=O)[nH]1. The molecule has 0 amide bonds. The van der Waals surface area contributed by atoms with Gasteiger partial charge in [0.15, 0.2) is 40.7 Å². The smallest absolute Gasteiger partial charge is 0.387 e. The Morgan fingerprint density at radius 2 is 1.01 bits per heavy atom. The minimum Gasteiger partial charge on any atom is -0.387 e. The molecule has 0 saturated carbocycles. The van der Waals surface area contributed by atoms with E-state index in [1.54, 1.807) is 0 Å². The first-order chi connectivity index (χ1) is 30.7. The van der Waals surface area contributed by atoms with Crippen LogP contribution >= 0.6 is 46.0 Å². The first-order valence-electron chi connectivity index (χ1n) is 17.8. The first kappa shape index (κ1) is 59.2. The number of phosphoric ester groups is 2. The van der Waals surface area contributed by atoms with Crippen LogP contribution in [0.3, 0.4) is 0 Å². The summed E-state index contributed by atoms with van der Waals surface area (Å²) in [6.07, 6.45) is -10.3. The number of aliphatic hydroxyl groups is 4. The maximum Gasteiger partial charge on any atom is 0.479 e. The molecule has 37 nitrogen and oxygen atoms in total. The number of ether oxygens (including phenoxy) is 2. The van der Waals surface area contributed by atoms with Crippen molar-refractivity contribution in [1.82, 2.24) is 44.1 Å². The zero-order chi connectivity index (χ0) is 50.8. The number of hydrogen-bond donors (Lipinski definition) is 17. The van der Waals surface area contributed by atoms with E-state index >= 15 is 0 Å². The van der Waals surface area contributed by atoms with Gasteiger partial charge < -0.3 is 81.4 Å². The largest absolute Gasteiger partial charge is 0.479 e. The molecule has 2 aliphatic heterocycles. The van der Waals surface area contributed by atoms with Gasteiger partial charge in [-0.25, -0.2) is 32.8 Å². The van der Waals surface area contributed by atoms with Crippen molar-refractivity contribution >= 4 is 80.2 Å². The van der Waals surface area contributed by atoms with Gasteiger partial charge in [-0.3, -0.25) is 56.0 Å². The lowest BCUT2D eigenvalue weighted by molar-refractivity contribution is -0.0502. The third-order valence-electron chi connectivity index (χ3n) is 8.47. The number of aromatic nitrogens is 8. The average Bonchev–Trinajstić information content (AvgIpc) is 3.93. The number of imidazole rings is 2. The summed E-state index contributed by atoms with van der Waals surface area (Å²) in [5.74, 6) is -3.63. The fourth-order valence-corrected chi connectivity index (χ4v) is 15.1. The first-order valence-corrected chi connectivity index (χ1v) is 28.0. The minimum atomic E-state index is -5.35. The lowest BCUT2D eigenvalue weighted by Crippen LogP contribution is -2.33. The molecule has 2 saturated heterocycles. The second kappa shape index (κ2) is 22.6. The fourth-order valence-electron chi connectivity index (χ4n) is 5.75. The molecule has 68 heavy (non-hydrogen) atoms. The van der Waals surface area contributed by atoms with Crippen LogP contribution in [-0.4, -0.2) is 169 Å². The number of H-pyrrole nitrogens is 2. The molecular weight excluding hydrogens is 1050 g/mol. The Bertz CT molecular complexity index is 2820. The van der Waals surface area contributed by atoms with Crippen LogP contribution in [0.1, 0.15) is 19.9 Å². The standard InChI is InChI=1S/C12H21N6O12P3.C11H18N5O13P3.CH5N.CH4/c1-14-31(22,23)4-32(24,25)30-33(26,27)28-2-5-7(19)8(20)11(29-5)18-3-15-6-9(18)16-12(13)17-10(6)21;12-11-14-8-5(9(19)15-11)13-2-16(8)10-7(18)6(17)4(28-10)1-27-32(25,26)29-31(23,24)3-30(20,21)22;1-2;/h3,5,7-8,11,19-20H,2,4H2,1H3,(H,24,25)(H,26,27)(H2,14,22,23)(H3,13,16,17,21);2,4,6-7,10,17-18H,1,3H2,(H,23,24)(H,25,26)(H2,20,21,22)(H3,12,14,15,19);2H2,1H3;1H4. The lowest BCUT2D eigenvalue weighted by atomic mass is 10.1. The number of hydrogen-bond acceptors (Lipinski definition) is 25. The highest BCUT2D eigenvalue weighted by molar-refractivity contribution is 7.75. The molecule has 13 unspecified atom stereocenters. The molecular formula is C25H48N12O25P6. The normalized spacial score (nSPS) is 27.3. The van der Waals surface area contributed by atoms with Gasteiger partial charge in [-0.05, 0) is 14.1 Å². The van der Waals surface area contributed by atoms with E-state index in [4.69, 9.17) is 30.7 Å². The van der Waals surface area contributed by atoms with Crippen LogP contribution in [0.4, 0.5) is 11.9 Å². The zero-order valence-corrected chi connectivity index (χ0v) is 39.2. The highest BCUT2D eigenvalue weighted by atomic mass is 31.3. The molecule has 43 heteroatoms. The number of phosphoric acid groups is 2. The Balaban J connectivity index is 0.000000343. The van der Waals surface area contributed by atoms with E-state index in [9.17, 15) is 81.9 Å². The van der Waals surface area contributed by atoms with E-state index in [1.165, 1.54) is 7.05 Å². The average molecular weight is 1100 g/mol. The minimum absolute atomic E-state index is 0. The summed E-state index contributed by atoms with van der Waals surface area (Å²) >= 11 is 0. The van der Waals surface area contributed by atoms with Crippen molar-refractivity contribution < 1.29 is 109 Å². The van der Waals surface area contributed by atoms with E-state index in [0.29, 0.717) is 0 Å². The van der Waals surface area contributed by atoms with Crippen LogP contribution in [0.25, 0.3) is 22.3 Å². The lowest BCUT2D eigenvalue weighted by Gasteiger charge is -2.20. The van der Waals surface area contributed by atoms with E-state index < -0.39 is 131 Å². The van der Waals surface area contributed by atoms with Gasteiger partial charge in [-0.2, -0.15) is 9.97 Å². The van der Waals surface area contributed by atoms with Gasteiger partial charge >= 0.3 is 38.4 Å². The van der Waals surface area contributed by atoms with Crippen LogP contribution in [0.15, 0.2) is 22.2 Å². The van der Waals surface area contributed by atoms with Crippen molar-refractivity contribution in [2.24, 2.45) is 5.73 Å². The highest BCUT2D eigenvalue weighted by Crippen LogP contribution is 2.66. The Kier molecular flexibility index (Phi) is 19.6. The van der Waals surface area contributed by atoms with Crippen molar-refractivity contribution in [3.05, 3.63) is 33.4 Å². The predicted octanol–water partition coefficient (Wildman–Crippen LogP) is -4.01. The molecule has 0 spiro atoms. The highest BCUT2D eigenvalue weighted by Gasteiger charge is 2.48. The van der Waals surface area contributed by atoms with Crippen molar-refractivity contribution in [1.29, 1.82) is 0 Å². The molecule has 0 radical (unpaired) electrons. The quantitative estimate of drug-likeness (QED) is 0.0448. The summed E-state index contributed by atoms with van der Waals surface area (Å²) < 4.78 is 99.8. The molecule has 0 aliphatic carbocycles. The zero-order valence-electron chi connectivity index (χ0n) is 33.8. The van der Waals surface area contributed by atoms with E-state index in [1.807, 2.05) is 5.09 Å². The van der Waals surface area contributed by atoms with Gasteiger partial charge in [-0.15, -0.1) is 0 Å². The molecule has 6 rings (SSSR count). The summed E-state index contributed by atoms with van der Waals surface area (Å²) in [7, 11) is -27.8. The van der Waals surface area contributed by atoms with Gasteiger partial charge in [0.1, 0.15) is 42.5 Å². The van der Waals surface area contributed by atoms with Crippen LogP contribution < -0.4 is 33.4 Å². The number of nitrogen functional groups attached to an aromatic ring is 2. The number of aromatic amines is 2. The Morgan fingerprint density at radius 1 is 0.662 bits per heavy atom. The van der Waals surface area contributed by atoms with Crippen molar-refractivity contribution in [2.45, 2.75) is 56.5 Å². The molecule has 20 N–H and O–H groups in total. The van der Waals surface area contributed by atoms with Crippen LogP contribution in [-0.2, 0) is 54.5 Å². The number of nitrogens with two attached hydrogens (primary N) is 3. The Hall–Kier alpha value is -3.08.